The molecule has 1 aliphatic rings. The average molecular weight is 294 g/mol. The highest BCUT2D eigenvalue weighted by molar-refractivity contribution is 5.20. The van der Waals surface area contributed by atoms with Crippen LogP contribution in [0.2, 0.25) is 0 Å². The van der Waals surface area contributed by atoms with Crippen molar-refractivity contribution in [2.24, 2.45) is 0 Å². The van der Waals surface area contributed by atoms with Gasteiger partial charge in [0.05, 0.1) is 12.2 Å². The van der Waals surface area contributed by atoms with Gasteiger partial charge in [-0.15, -0.1) is 0 Å². The topological polar surface area (TPSA) is 24.5 Å². The highest BCUT2D eigenvalue weighted by atomic mass is 19.1. The fourth-order valence-electron chi connectivity index (χ4n) is 2.90. The fraction of sp³-hybridized carbons (Fsp3) is 0.647. The summed E-state index contributed by atoms with van der Waals surface area (Å²) in [5.41, 5.74) is 0.752. The zero-order valence-corrected chi connectivity index (χ0v) is 13.3. The van der Waals surface area contributed by atoms with Crippen LogP contribution in [0.3, 0.4) is 0 Å². The number of benzene rings is 1. The van der Waals surface area contributed by atoms with E-state index in [-0.39, 0.29) is 18.0 Å². The molecule has 1 fully saturated rings. The van der Waals surface area contributed by atoms with Crippen molar-refractivity contribution in [2.75, 3.05) is 26.7 Å². The Bertz CT molecular complexity index is 441. The van der Waals surface area contributed by atoms with Gasteiger partial charge < -0.3 is 10.1 Å². The minimum absolute atomic E-state index is 0.0580. The molecule has 1 heterocycles. The first-order chi connectivity index (χ1) is 10.1. The first-order valence-electron chi connectivity index (χ1n) is 7.92. The predicted octanol–water partition coefficient (Wildman–Crippen LogP) is 2.98. The van der Waals surface area contributed by atoms with Crippen molar-refractivity contribution in [3.8, 4) is 0 Å². The van der Waals surface area contributed by atoms with Gasteiger partial charge in [-0.2, -0.15) is 0 Å². The molecule has 3 unspecified atom stereocenters. The number of rotatable bonds is 7. The van der Waals surface area contributed by atoms with Crippen LogP contribution in [0.1, 0.15) is 38.3 Å². The number of nitrogens with one attached hydrogen (secondary N) is 1. The highest BCUT2D eigenvalue weighted by Gasteiger charge is 2.27. The average Bonchev–Trinajstić information content (AvgIpc) is 2.92. The van der Waals surface area contributed by atoms with E-state index in [0.29, 0.717) is 6.10 Å². The van der Waals surface area contributed by atoms with E-state index in [9.17, 15) is 4.39 Å². The molecule has 0 aromatic heterocycles. The lowest BCUT2D eigenvalue weighted by atomic mass is 10.1. The van der Waals surface area contributed by atoms with Crippen LogP contribution in [-0.4, -0.2) is 43.8 Å². The number of likely N-dealkylation sites (N-methyl/N-ethyl adjacent to an activating group) is 2. The van der Waals surface area contributed by atoms with Gasteiger partial charge in [0.1, 0.15) is 5.82 Å². The maximum absolute atomic E-state index is 13.8. The first kappa shape index (κ1) is 16.4. The molecule has 21 heavy (non-hydrogen) atoms. The number of nitrogens with zero attached hydrogens (tertiary/aromatic N) is 1. The molecule has 0 bridgehead atoms. The lowest BCUT2D eigenvalue weighted by Gasteiger charge is -2.28. The Morgan fingerprint density at radius 2 is 2.05 bits per heavy atom. The summed E-state index contributed by atoms with van der Waals surface area (Å²) in [6.07, 6.45) is 2.78. The Hall–Kier alpha value is -0.970. The van der Waals surface area contributed by atoms with E-state index in [1.165, 1.54) is 6.07 Å². The molecule has 0 aliphatic carbocycles. The Morgan fingerprint density at radius 3 is 2.76 bits per heavy atom. The van der Waals surface area contributed by atoms with E-state index < -0.39 is 0 Å². The van der Waals surface area contributed by atoms with Gasteiger partial charge in [0.2, 0.25) is 0 Å². The molecule has 3 nitrogen and oxygen atoms in total. The fourth-order valence-corrected chi connectivity index (χ4v) is 2.90. The van der Waals surface area contributed by atoms with Gasteiger partial charge in [-0.3, -0.25) is 4.90 Å². The Morgan fingerprint density at radius 1 is 1.33 bits per heavy atom. The summed E-state index contributed by atoms with van der Waals surface area (Å²) >= 11 is 0. The number of hydrogen-bond acceptors (Lipinski definition) is 3. The molecule has 1 aliphatic heterocycles. The second-order valence-electron chi connectivity index (χ2n) is 5.90. The molecule has 1 saturated heterocycles. The minimum Gasteiger partial charge on any atom is -0.372 e. The third-order valence-corrected chi connectivity index (χ3v) is 4.33. The normalized spacial score (nSPS) is 23.7. The molecule has 1 aromatic carbocycles. The smallest absolute Gasteiger partial charge is 0.127 e. The van der Waals surface area contributed by atoms with E-state index in [1.54, 1.807) is 6.07 Å². The van der Waals surface area contributed by atoms with Crippen LogP contribution in [0.15, 0.2) is 24.3 Å². The van der Waals surface area contributed by atoms with Crippen molar-refractivity contribution in [1.29, 1.82) is 0 Å². The molecule has 1 aromatic rings. The third-order valence-electron chi connectivity index (χ3n) is 4.33. The van der Waals surface area contributed by atoms with E-state index in [2.05, 4.69) is 17.1 Å². The van der Waals surface area contributed by atoms with Crippen molar-refractivity contribution in [3.05, 3.63) is 35.6 Å². The second-order valence-corrected chi connectivity index (χ2v) is 5.90. The van der Waals surface area contributed by atoms with Crippen molar-refractivity contribution in [2.45, 2.75) is 44.9 Å². The largest absolute Gasteiger partial charge is 0.372 e. The van der Waals surface area contributed by atoms with Gasteiger partial charge in [-0.05, 0) is 39.4 Å². The van der Waals surface area contributed by atoms with Gasteiger partial charge in [-0.25, -0.2) is 4.39 Å². The standard InChI is InChI=1S/C17H27FN2O/c1-4-19-11-14-9-10-15(21-14)12-20(3)13(2)16-7-5-6-8-17(16)18/h5-8,13-15,19H,4,9-12H2,1-3H3. The van der Waals surface area contributed by atoms with E-state index in [0.717, 1.165) is 38.0 Å². The molecule has 0 amide bonds. The van der Waals surface area contributed by atoms with Crippen molar-refractivity contribution < 1.29 is 9.13 Å². The van der Waals surface area contributed by atoms with Gasteiger partial charge in [0.15, 0.2) is 0 Å². The van der Waals surface area contributed by atoms with Crippen LogP contribution in [0, 0.1) is 5.82 Å². The number of halogens is 1. The first-order valence-corrected chi connectivity index (χ1v) is 7.92. The van der Waals surface area contributed by atoms with Crippen LogP contribution >= 0.6 is 0 Å². The van der Waals surface area contributed by atoms with E-state index in [1.807, 2.05) is 26.1 Å². The molecule has 1 N–H and O–H groups in total. The lowest BCUT2D eigenvalue weighted by molar-refractivity contribution is 0.0217. The Balaban J connectivity index is 1.84. The van der Waals surface area contributed by atoms with Crippen LogP contribution in [-0.2, 0) is 4.74 Å². The molecule has 3 atom stereocenters. The van der Waals surface area contributed by atoms with Crippen LogP contribution < -0.4 is 5.32 Å². The van der Waals surface area contributed by atoms with E-state index in [4.69, 9.17) is 4.74 Å². The summed E-state index contributed by atoms with van der Waals surface area (Å²) < 4.78 is 19.9. The quantitative estimate of drug-likeness (QED) is 0.837. The zero-order valence-electron chi connectivity index (χ0n) is 13.3. The van der Waals surface area contributed by atoms with Crippen LogP contribution in [0.5, 0.6) is 0 Å². The van der Waals surface area contributed by atoms with Crippen molar-refractivity contribution in [3.63, 3.8) is 0 Å². The lowest BCUT2D eigenvalue weighted by Crippen LogP contribution is -2.33. The van der Waals surface area contributed by atoms with Crippen LogP contribution in [0.25, 0.3) is 0 Å². The maximum Gasteiger partial charge on any atom is 0.127 e. The highest BCUT2D eigenvalue weighted by Crippen LogP contribution is 2.25. The number of hydrogen-bond donors (Lipinski definition) is 1. The molecular weight excluding hydrogens is 267 g/mol. The van der Waals surface area contributed by atoms with Crippen molar-refractivity contribution in [1.82, 2.24) is 10.2 Å². The predicted molar refractivity (Wildman–Crippen MR) is 83.9 cm³/mol. The zero-order chi connectivity index (χ0) is 15.2. The van der Waals surface area contributed by atoms with Crippen LogP contribution in [0.4, 0.5) is 4.39 Å². The monoisotopic (exact) mass is 294 g/mol. The Labute approximate surface area is 127 Å². The third kappa shape index (κ3) is 4.50. The summed E-state index contributed by atoms with van der Waals surface area (Å²) in [6, 6.07) is 7.07. The molecular formula is C17H27FN2O. The second kappa shape index (κ2) is 7.87. The summed E-state index contributed by atoms with van der Waals surface area (Å²) in [5, 5.41) is 3.33. The van der Waals surface area contributed by atoms with Gasteiger partial charge in [0.25, 0.3) is 0 Å². The molecule has 2 rings (SSSR count). The Kier molecular flexibility index (Phi) is 6.15. The molecule has 0 spiro atoms. The summed E-state index contributed by atoms with van der Waals surface area (Å²) in [7, 11) is 2.04. The maximum atomic E-state index is 13.8. The summed E-state index contributed by atoms with van der Waals surface area (Å²) in [4.78, 5) is 2.18. The van der Waals surface area contributed by atoms with Gasteiger partial charge in [0, 0.05) is 24.7 Å². The molecule has 4 heteroatoms. The number of ether oxygens (including phenoxy) is 1. The minimum atomic E-state index is -0.130. The van der Waals surface area contributed by atoms with Crippen molar-refractivity contribution >= 4 is 0 Å². The molecule has 0 radical (unpaired) electrons. The SMILES string of the molecule is CCNCC1CCC(CN(C)C(C)c2ccccc2F)O1. The molecule has 118 valence electrons. The van der Waals surface area contributed by atoms with Gasteiger partial charge >= 0.3 is 0 Å². The summed E-state index contributed by atoms with van der Waals surface area (Å²) in [6.45, 7) is 6.91. The van der Waals surface area contributed by atoms with E-state index >= 15 is 0 Å². The summed E-state index contributed by atoms with van der Waals surface area (Å²) in [5.74, 6) is -0.130. The van der Waals surface area contributed by atoms with Gasteiger partial charge in [-0.1, -0.05) is 25.1 Å². The molecule has 0 saturated carbocycles.